The standard InChI is InChI=1S/C16H21N3O/c1-3-13-7-8-19(11-13)12(2)16(20)18-15-6-4-5-14(9-15)10-17/h4-6,9,12-13H,3,7-8,11H2,1-2H3,(H,18,20). The number of nitriles is 1. The molecule has 2 atom stereocenters. The molecule has 20 heavy (non-hydrogen) atoms. The second-order valence-corrected chi connectivity index (χ2v) is 5.42. The van der Waals surface area contributed by atoms with E-state index in [-0.39, 0.29) is 11.9 Å². The zero-order valence-corrected chi connectivity index (χ0v) is 12.1. The predicted molar refractivity (Wildman–Crippen MR) is 79.2 cm³/mol. The monoisotopic (exact) mass is 271 g/mol. The first-order valence-corrected chi connectivity index (χ1v) is 7.19. The van der Waals surface area contributed by atoms with Gasteiger partial charge in [-0.05, 0) is 44.0 Å². The minimum Gasteiger partial charge on any atom is -0.325 e. The number of carbonyl (C=O) groups excluding carboxylic acids is 1. The van der Waals surface area contributed by atoms with Gasteiger partial charge in [0.25, 0.3) is 0 Å². The quantitative estimate of drug-likeness (QED) is 0.915. The molecule has 1 aliphatic rings. The first-order valence-electron chi connectivity index (χ1n) is 7.19. The summed E-state index contributed by atoms with van der Waals surface area (Å²) in [6, 6.07) is 8.96. The molecule has 1 N–H and O–H groups in total. The Morgan fingerprint density at radius 3 is 3.05 bits per heavy atom. The van der Waals surface area contributed by atoms with Gasteiger partial charge in [-0.15, -0.1) is 0 Å². The van der Waals surface area contributed by atoms with Crippen LogP contribution in [0.4, 0.5) is 5.69 Å². The summed E-state index contributed by atoms with van der Waals surface area (Å²) in [7, 11) is 0. The van der Waals surface area contributed by atoms with Crippen molar-refractivity contribution in [2.45, 2.75) is 32.7 Å². The second kappa shape index (κ2) is 6.53. The Morgan fingerprint density at radius 2 is 2.40 bits per heavy atom. The van der Waals surface area contributed by atoms with Crippen molar-refractivity contribution in [3.8, 4) is 6.07 Å². The topological polar surface area (TPSA) is 56.1 Å². The van der Waals surface area contributed by atoms with E-state index in [1.54, 1.807) is 18.2 Å². The van der Waals surface area contributed by atoms with Gasteiger partial charge in [-0.2, -0.15) is 5.26 Å². The number of amides is 1. The molecule has 0 radical (unpaired) electrons. The lowest BCUT2D eigenvalue weighted by Crippen LogP contribution is -2.40. The number of hydrogen-bond acceptors (Lipinski definition) is 3. The zero-order valence-electron chi connectivity index (χ0n) is 12.1. The van der Waals surface area contributed by atoms with Crippen molar-refractivity contribution >= 4 is 11.6 Å². The minimum absolute atomic E-state index is 0.00292. The fraction of sp³-hybridized carbons (Fsp3) is 0.500. The van der Waals surface area contributed by atoms with Gasteiger partial charge in [0.2, 0.25) is 5.91 Å². The van der Waals surface area contributed by atoms with E-state index in [0.717, 1.165) is 13.1 Å². The summed E-state index contributed by atoms with van der Waals surface area (Å²) >= 11 is 0. The van der Waals surface area contributed by atoms with E-state index >= 15 is 0 Å². The maximum atomic E-state index is 12.3. The van der Waals surface area contributed by atoms with Crippen LogP contribution >= 0.6 is 0 Å². The van der Waals surface area contributed by atoms with Crippen LogP contribution in [0.2, 0.25) is 0 Å². The summed E-state index contributed by atoms with van der Waals surface area (Å²) in [5.74, 6) is 0.712. The lowest BCUT2D eigenvalue weighted by atomic mass is 10.1. The molecule has 106 valence electrons. The van der Waals surface area contributed by atoms with Crippen molar-refractivity contribution in [1.29, 1.82) is 5.26 Å². The van der Waals surface area contributed by atoms with Crippen molar-refractivity contribution in [2.24, 2.45) is 5.92 Å². The van der Waals surface area contributed by atoms with E-state index in [1.165, 1.54) is 12.8 Å². The van der Waals surface area contributed by atoms with Crippen LogP contribution in [0.5, 0.6) is 0 Å². The van der Waals surface area contributed by atoms with Crippen LogP contribution in [-0.2, 0) is 4.79 Å². The van der Waals surface area contributed by atoms with Crippen molar-refractivity contribution in [3.05, 3.63) is 29.8 Å². The van der Waals surface area contributed by atoms with Gasteiger partial charge in [0.1, 0.15) is 0 Å². The molecule has 2 unspecified atom stereocenters. The largest absolute Gasteiger partial charge is 0.325 e. The van der Waals surface area contributed by atoms with Gasteiger partial charge in [0.05, 0.1) is 17.7 Å². The maximum absolute atomic E-state index is 12.3. The third-order valence-electron chi connectivity index (χ3n) is 4.08. The number of benzene rings is 1. The summed E-state index contributed by atoms with van der Waals surface area (Å²) in [6.07, 6.45) is 2.35. The summed E-state index contributed by atoms with van der Waals surface area (Å²) in [4.78, 5) is 14.5. The lowest BCUT2D eigenvalue weighted by molar-refractivity contribution is -0.120. The Hall–Kier alpha value is -1.86. The number of nitrogens with zero attached hydrogens (tertiary/aromatic N) is 2. The molecule has 0 bridgehead atoms. The third kappa shape index (κ3) is 3.37. The van der Waals surface area contributed by atoms with Crippen LogP contribution in [0.1, 0.15) is 32.3 Å². The molecule has 1 aliphatic heterocycles. The van der Waals surface area contributed by atoms with Crippen LogP contribution in [0.3, 0.4) is 0 Å². The lowest BCUT2D eigenvalue weighted by Gasteiger charge is -2.23. The Morgan fingerprint density at radius 1 is 1.60 bits per heavy atom. The van der Waals surface area contributed by atoms with Crippen LogP contribution < -0.4 is 5.32 Å². The van der Waals surface area contributed by atoms with Gasteiger partial charge in [0.15, 0.2) is 0 Å². The summed E-state index contributed by atoms with van der Waals surface area (Å²) in [6.45, 7) is 6.14. The molecular formula is C16H21N3O. The van der Waals surface area contributed by atoms with E-state index in [0.29, 0.717) is 17.2 Å². The normalized spacial score (nSPS) is 20.4. The molecular weight excluding hydrogens is 250 g/mol. The molecule has 4 heteroatoms. The Labute approximate surface area is 120 Å². The fourth-order valence-electron chi connectivity index (χ4n) is 2.63. The van der Waals surface area contributed by atoms with Gasteiger partial charge >= 0.3 is 0 Å². The molecule has 4 nitrogen and oxygen atoms in total. The van der Waals surface area contributed by atoms with E-state index in [2.05, 4.69) is 23.2 Å². The first kappa shape index (κ1) is 14.5. The summed E-state index contributed by atoms with van der Waals surface area (Å²) in [5, 5.41) is 11.8. The molecule has 1 heterocycles. The number of likely N-dealkylation sites (tertiary alicyclic amines) is 1. The van der Waals surface area contributed by atoms with Crippen LogP contribution in [0, 0.1) is 17.2 Å². The molecule has 0 aliphatic carbocycles. The highest BCUT2D eigenvalue weighted by atomic mass is 16.2. The van der Waals surface area contributed by atoms with Gasteiger partial charge < -0.3 is 5.32 Å². The molecule has 1 saturated heterocycles. The average molecular weight is 271 g/mol. The van der Waals surface area contributed by atoms with Crippen LogP contribution in [0.15, 0.2) is 24.3 Å². The summed E-state index contributed by atoms with van der Waals surface area (Å²) < 4.78 is 0. The highest BCUT2D eigenvalue weighted by Gasteiger charge is 2.28. The number of nitrogens with one attached hydrogen (secondary N) is 1. The summed E-state index contributed by atoms with van der Waals surface area (Å²) in [5.41, 5.74) is 1.25. The number of hydrogen-bond donors (Lipinski definition) is 1. The Kier molecular flexibility index (Phi) is 4.75. The molecule has 1 amide bonds. The van der Waals surface area contributed by atoms with Gasteiger partial charge in [-0.25, -0.2) is 0 Å². The maximum Gasteiger partial charge on any atom is 0.241 e. The van der Waals surface area contributed by atoms with Gasteiger partial charge in [-0.3, -0.25) is 9.69 Å². The van der Waals surface area contributed by atoms with Crippen LogP contribution in [0.25, 0.3) is 0 Å². The van der Waals surface area contributed by atoms with E-state index in [4.69, 9.17) is 5.26 Å². The molecule has 1 fully saturated rings. The Balaban J connectivity index is 1.96. The molecule has 0 spiro atoms. The number of rotatable bonds is 4. The van der Waals surface area contributed by atoms with Crippen molar-refractivity contribution in [1.82, 2.24) is 4.90 Å². The van der Waals surface area contributed by atoms with Crippen molar-refractivity contribution in [2.75, 3.05) is 18.4 Å². The van der Waals surface area contributed by atoms with Gasteiger partial charge in [-0.1, -0.05) is 19.4 Å². The number of anilines is 1. The second-order valence-electron chi connectivity index (χ2n) is 5.42. The molecule has 0 aromatic heterocycles. The number of carbonyl (C=O) groups is 1. The highest BCUT2D eigenvalue weighted by Crippen LogP contribution is 2.21. The van der Waals surface area contributed by atoms with Crippen molar-refractivity contribution in [3.63, 3.8) is 0 Å². The average Bonchev–Trinajstić information content (AvgIpc) is 2.95. The van der Waals surface area contributed by atoms with Gasteiger partial charge in [0, 0.05) is 12.2 Å². The smallest absolute Gasteiger partial charge is 0.241 e. The molecule has 1 aromatic carbocycles. The van der Waals surface area contributed by atoms with E-state index in [9.17, 15) is 4.79 Å². The fourth-order valence-corrected chi connectivity index (χ4v) is 2.63. The predicted octanol–water partition coefficient (Wildman–Crippen LogP) is 2.62. The van der Waals surface area contributed by atoms with E-state index in [1.807, 2.05) is 13.0 Å². The molecule has 1 aromatic rings. The minimum atomic E-state index is -0.128. The molecule has 0 saturated carbocycles. The van der Waals surface area contributed by atoms with E-state index < -0.39 is 0 Å². The SMILES string of the molecule is CCC1CCN(C(C)C(=O)Nc2cccc(C#N)c2)C1. The first-order chi connectivity index (χ1) is 9.63. The Bertz CT molecular complexity index is 521. The molecule has 2 rings (SSSR count). The van der Waals surface area contributed by atoms with Crippen molar-refractivity contribution < 1.29 is 4.79 Å². The highest BCUT2D eigenvalue weighted by molar-refractivity contribution is 5.94. The van der Waals surface area contributed by atoms with Crippen LogP contribution in [-0.4, -0.2) is 29.9 Å². The third-order valence-corrected chi connectivity index (χ3v) is 4.08. The zero-order chi connectivity index (χ0) is 14.5.